The van der Waals surface area contributed by atoms with E-state index in [0.717, 1.165) is 12.0 Å². The molecular formula is C17H22N4O2. The van der Waals surface area contributed by atoms with E-state index in [1.165, 1.54) is 10.2 Å². The number of benzene rings is 1. The molecule has 2 atom stereocenters. The van der Waals surface area contributed by atoms with Gasteiger partial charge in [0.2, 0.25) is 5.95 Å². The van der Waals surface area contributed by atoms with Crippen molar-refractivity contribution < 1.29 is 9.90 Å². The van der Waals surface area contributed by atoms with Crippen LogP contribution in [0.5, 0.6) is 0 Å². The predicted octanol–water partition coefficient (Wildman–Crippen LogP) is 2.71. The standard InChI is InChI=1S/C17H22N4O2/c1-17(2,3)11-6-4-10(5-7-11)12-8-9-13(15(22)23)21-14(12)19-16(18)20-21/h4-7,12-13H,8-9H2,1-3H3,(H2,18,20)(H,22,23). The molecule has 2 heterocycles. The van der Waals surface area contributed by atoms with Gasteiger partial charge in [0.25, 0.3) is 0 Å². The molecule has 2 unspecified atom stereocenters. The van der Waals surface area contributed by atoms with E-state index in [1.54, 1.807) is 0 Å². The Morgan fingerprint density at radius 3 is 2.48 bits per heavy atom. The van der Waals surface area contributed by atoms with E-state index in [2.05, 4.69) is 55.1 Å². The first kappa shape index (κ1) is 15.5. The van der Waals surface area contributed by atoms with Gasteiger partial charge in [0.15, 0.2) is 6.04 Å². The van der Waals surface area contributed by atoms with Crippen LogP contribution in [-0.2, 0) is 10.2 Å². The summed E-state index contributed by atoms with van der Waals surface area (Å²) in [6, 6.07) is 7.77. The number of aliphatic carboxylic acids is 1. The van der Waals surface area contributed by atoms with Gasteiger partial charge in [-0.3, -0.25) is 0 Å². The number of nitrogens with two attached hydrogens (primary N) is 1. The number of carbonyl (C=O) groups is 1. The minimum atomic E-state index is -0.891. The maximum Gasteiger partial charge on any atom is 0.328 e. The quantitative estimate of drug-likeness (QED) is 0.889. The number of nitrogens with zero attached hydrogens (tertiary/aromatic N) is 3. The van der Waals surface area contributed by atoms with E-state index < -0.39 is 12.0 Å². The van der Waals surface area contributed by atoms with Crippen LogP contribution in [0, 0.1) is 0 Å². The van der Waals surface area contributed by atoms with Gasteiger partial charge in [-0.2, -0.15) is 4.98 Å². The summed E-state index contributed by atoms with van der Waals surface area (Å²) in [6.45, 7) is 6.53. The number of carboxylic acid groups (broad SMARTS) is 1. The molecule has 0 saturated carbocycles. The SMILES string of the molecule is CC(C)(C)c1ccc(C2CCC(C(=O)O)n3nc(N)nc32)cc1. The second-order valence-electron chi connectivity index (χ2n) is 7.13. The lowest BCUT2D eigenvalue weighted by molar-refractivity contribution is -0.141. The van der Waals surface area contributed by atoms with Gasteiger partial charge in [-0.1, -0.05) is 45.0 Å². The number of carboxylic acids is 1. The number of aromatic nitrogens is 3. The highest BCUT2D eigenvalue weighted by atomic mass is 16.4. The van der Waals surface area contributed by atoms with Crippen LogP contribution >= 0.6 is 0 Å². The lowest BCUT2D eigenvalue weighted by atomic mass is 9.83. The number of hydrogen-bond donors (Lipinski definition) is 2. The molecule has 2 aromatic rings. The molecule has 1 aliphatic heterocycles. The molecule has 0 fully saturated rings. The molecule has 6 heteroatoms. The molecule has 122 valence electrons. The summed E-state index contributed by atoms with van der Waals surface area (Å²) in [6.07, 6.45) is 1.25. The largest absolute Gasteiger partial charge is 0.480 e. The molecule has 23 heavy (non-hydrogen) atoms. The van der Waals surface area contributed by atoms with Crippen LogP contribution in [0.1, 0.15) is 62.5 Å². The maximum absolute atomic E-state index is 11.4. The number of anilines is 1. The van der Waals surface area contributed by atoms with Crippen molar-refractivity contribution in [3.8, 4) is 0 Å². The van der Waals surface area contributed by atoms with Crippen LogP contribution in [0.4, 0.5) is 5.95 Å². The second kappa shape index (κ2) is 5.37. The Hall–Kier alpha value is -2.37. The zero-order chi connectivity index (χ0) is 16.8. The summed E-state index contributed by atoms with van der Waals surface area (Å²) < 4.78 is 1.48. The van der Waals surface area contributed by atoms with Crippen LogP contribution in [0.15, 0.2) is 24.3 Å². The van der Waals surface area contributed by atoms with Gasteiger partial charge in [-0.05, 0) is 29.4 Å². The van der Waals surface area contributed by atoms with Crippen LogP contribution in [-0.4, -0.2) is 25.8 Å². The number of hydrogen-bond acceptors (Lipinski definition) is 4. The molecule has 3 rings (SSSR count). The third kappa shape index (κ3) is 2.81. The first-order valence-corrected chi connectivity index (χ1v) is 7.82. The monoisotopic (exact) mass is 314 g/mol. The predicted molar refractivity (Wildman–Crippen MR) is 87.3 cm³/mol. The Morgan fingerprint density at radius 2 is 1.91 bits per heavy atom. The van der Waals surface area contributed by atoms with Gasteiger partial charge >= 0.3 is 5.97 Å². The molecule has 0 amide bonds. The van der Waals surface area contributed by atoms with Gasteiger partial charge in [0.05, 0.1) is 0 Å². The number of nitrogen functional groups attached to an aromatic ring is 1. The summed E-state index contributed by atoms with van der Waals surface area (Å²) in [4.78, 5) is 15.7. The highest BCUT2D eigenvalue weighted by molar-refractivity contribution is 5.72. The Labute approximate surface area is 135 Å². The van der Waals surface area contributed by atoms with E-state index in [1.807, 2.05) is 0 Å². The average molecular weight is 314 g/mol. The fraction of sp³-hybridized carbons (Fsp3) is 0.471. The molecule has 1 aromatic carbocycles. The summed E-state index contributed by atoms with van der Waals surface area (Å²) in [5.41, 5.74) is 8.19. The zero-order valence-corrected chi connectivity index (χ0v) is 13.7. The lowest BCUT2D eigenvalue weighted by Crippen LogP contribution is -2.28. The fourth-order valence-electron chi connectivity index (χ4n) is 3.15. The molecule has 0 spiro atoms. The van der Waals surface area contributed by atoms with E-state index in [9.17, 15) is 9.90 Å². The van der Waals surface area contributed by atoms with Gasteiger partial charge in [-0.25, -0.2) is 9.48 Å². The summed E-state index contributed by atoms with van der Waals surface area (Å²) >= 11 is 0. The second-order valence-corrected chi connectivity index (χ2v) is 7.13. The van der Waals surface area contributed by atoms with Crippen LogP contribution in [0.25, 0.3) is 0 Å². The lowest BCUT2D eigenvalue weighted by Gasteiger charge is -2.27. The van der Waals surface area contributed by atoms with Crippen molar-refractivity contribution in [1.82, 2.24) is 14.8 Å². The maximum atomic E-state index is 11.4. The van der Waals surface area contributed by atoms with Gasteiger partial charge < -0.3 is 10.8 Å². The highest BCUT2D eigenvalue weighted by Gasteiger charge is 2.34. The van der Waals surface area contributed by atoms with Crippen molar-refractivity contribution in [3.05, 3.63) is 41.2 Å². The van der Waals surface area contributed by atoms with Crippen molar-refractivity contribution in [1.29, 1.82) is 0 Å². The average Bonchev–Trinajstić information content (AvgIpc) is 2.86. The molecule has 0 aliphatic carbocycles. The van der Waals surface area contributed by atoms with Crippen molar-refractivity contribution in [3.63, 3.8) is 0 Å². The van der Waals surface area contributed by atoms with Crippen LogP contribution in [0.2, 0.25) is 0 Å². The Morgan fingerprint density at radius 1 is 1.26 bits per heavy atom. The molecule has 0 saturated heterocycles. The third-order valence-electron chi connectivity index (χ3n) is 4.47. The summed E-state index contributed by atoms with van der Waals surface area (Å²) in [5.74, 6) is -0.0868. The van der Waals surface area contributed by atoms with E-state index in [-0.39, 0.29) is 17.3 Å². The van der Waals surface area contributed by atoms with Crippen molar-refractivity contribution in [2.24, 2.45) is 0 Å². The van der Waals surface area contributed by atoms with E-state index in [0.29, 0.717) is 12.2 Å². The minimum absolute atomic E-state index is 0.0319. The van der Waals surface area contributed by atoms with Crippen molar-refractivity contribution >= 4 is 11.9 Å². The summed E-state index contributed by atoms with van der Waals surface area (Å²) in [5, 5.41) is 13.4. The van der Waals surface area contributed by atoms with Gasteiger partial charge in [0, 0.05) is 5.92 Å². The van der Waals surface area contributed by atoms with Crippen LogP contribution < -0.4 is 5.73 Å². The first-order chi connectivity index (χ1) is 10.8. The normalized spacial score (nSPS) is 21.0. The highest BCUT2D eigenvalue weighted by Crippen LogP contribution is 2.37. The smallest absolute Gasteiger partial charge is 0.328 e. The molecule has 1 aromatic heterocycles. The molecule has 0 radical (unpaired) electrons. The van der Waals surface area contributed by atoms with E-state index >= 15 is 0 Å². The molecule has 1 aliphatic rings. The van der Waals surface area contributed by atoms with Crippen LogP contribution in [0.3, 0.4) is 0 Å². The zero-order valence-electron chi connectivity index (χ0n) is 13.7. The minimum Gasteiger partial charge on any atom is -0.480 e. The molecular weight excluding hydrogens is 292 g/mol. The Kier molecular flexibility index (Phi) is 3.62. The fourth-order valence-corrected chi connectivity index (χ4v) is 3.15. The topological polar surface area (TPSA) is 94.0 Å². The Bertz CT molecular complexity index is 728. The van der Waals surface area contributed by atoms with Crippen molar-refractivity contribution in [2.45, 2.75) is 51.0 Å². The third-order valence-corrected chi connectivity index (χ3v) is 4.47. The molecule has 0 bridgehead atoms. The Balaban J connectivity index is 1.98. The van der Waals surface area contributed by atoms with Gasteiger partial charge in [0.1, 0.15) is 5.82 Å². The van der Waals surface area contributed by atoms with Gasteiger partial charge in [-0.15, -0.1) is 5.10 Å². The van der Waals surface area contributed by atoms with E-state index in [4.69, 9.17) is 5.73 Å². The molecule has 6 nitrogen and oxygen atoms in total. The number of fused-ring (bicyclic) bond motifs is 1. The summed E-state index contributed by atoms with van der Waals surface area (Å²) in [7, 11) is 0. The van der Waals surface area contributed by atoms with Crippen molar-refractivity contribution in [2.75, 3.05) is 5.73 Å². The first-order valence-electron chi connectivity index (χ1n) is 7.82. The number of rotatable bonds is 2. The molecule has 3 N–H and O–H groups in total.